The highest BCUT2D eigenvalue weighted by Crippen LogP contribution is 2.19. The lowest BCUT2D eigenvalue weighted by atomic mass is 10.2. The first kappa shape index (κ1) is 18.3. The zero-order chi connectivity index (χ0) is 17.9. The SMILES string of the molecule is Cc1nc([C@@H](C)NC(=O)CN(c2cccc(F)c2)S(C)(=O)=O)cs1. The molecule has 0 aliphatic carbocycles. The fourth-order valence-electron chi connectivity index (χ4n) is 2.10. The lowest BCUT2D eigenvalue weighted by Crippen LogP contribution is -2.41. The topological polar surface area (TPSA) is 79.4 Å². The fourth-order valence-corrected chi connectivity index (χ4v) is 3.66. The lowest BCUT2D eigenvalue weighted by Gasteiger charge is -2.22. The Morgan fingerprint density at radius 1 is 1.46 bits per heavy atom. The van der Waals surface area contributed by atoms with Gasteiger partial charge >= 0.3 is 0 Å². The van der Waals surface area contributed by atoms with Crippen LogP contribution in [0.5, 0.6) is 0 Å². The van der Waals surface area contributed by atoms with E-state index >= 15 is 0 Å². The number of carbonyl (C=O) groups excluding carboxylic acids is 1. The van der Waals surface area contributed by atoms with Gasteiger partial charge < -0.3 is 5.32 Å². The van der Waals surface area contributed by atoms with Crippen LogP contribution in [0.4, 0.5) is 10.1 Å². The molecule has 6 nitrogen and oxygen atoms in total. The summed E-state index contributed by atoms with van der Waals surface area (Å²) in [6, 6.07) is 4.75. The van der Waals surface area contributed by atoms with Crippen LogP contribution in [0, 0.1) is 12.7 Å². The maximum absolute atomic E-state index is 13.4. The number of hydrogen-bond acceptors (Lipinski definition) is 5. The molecule has 1 N–H and O–H groups in total. The van der Waals surface area contributed by atoms with E-state index in [1.807, 2.05) is 12.3 Å². The molecule has 24 heavy (non-hydrogen) atoms. The average molecular weight is 371 g/mol. The third-order valence-corrected chi connectivity index (χ3v) is 5.17. The number of hydrogen-bond donors (Lipinski definition) is 1. The third kappa shape index (κ3) is 4.75. The van der Waals surface area contributed by atoms with E-state index in [1.54, 1.807) is 6.92 Å². The van der Waals surface area contributed by atoms with Gasteiger partial charge in [0, 0.05) is 5.38 Å². The standard InChI is InChI=1S/C15H18FN3O3S2/c1-10(14-9-23-11(2)18-14)17-15(20)8-19(24(3,21)22)13-6-4-5-12(16)7-13/h4-7,9-10H,8H2,1-3H3,(H,17,20)/t10-/m1/s1. The summed E-state index contributed by atoms with van der Waals surface area (Å²) in [6.45, 7) is 3.19. The zero-order valence-corrected chi connectivity index (χ0v) is 15.1. The molecule has 0 fully saturated rings. The summed E-state index contributed by atoms with van der Waals surface area (Å²) < 4.78 is 38.1. The molecule has 0 bridgehead atoms. The van der Waals surface area contributed by atoms with Gasteiger partial charge in [0.1, 0.15) is 12.4 Å². The second kappa shape index (κ2) is 7.27. The Kier molecular flexibility index (Phi) is 5.55. The summed E-state index contributed by atoms with van der Waals surface area (Å²) in [5, 5.41) is 5.41. The van der Waals surface area contributed by atoms with Gasteiger partial charge in [-0.2, -0.15) is 0 Å². The van der Waals surface area contributed by atoms with Crippen LogP contribution >= 0.6 is 11.3 Å². The Labute approximate surface area is 144 Å². The number of benzene rings is 1. The summed E-state index contributed by atoms with van der Waals surface area (Å²) in [7, 11) is -3.73. The monoisotopic (exact) mass is 371 g/mol. The molecule has 2 rings (SSSR count). The van der Waals surface area contributed by atoms with Gasteiger partial charge in [-0.15, -0.1) is 11.3 Å². The van der Waals surface area contributed by atoms with Crippen LogP contribution in [0.15, 0.2) is 29.6 Å². The van der Waals surface area contributed by atoms with Crippen molar-refractivity contribution in [1.29, 1.82) is 0 Å². The van der Waals surface area contributed by atoms with Gasteiger partial charge in [-0.1, -0.05) is 6.07 Å². The number of anilines is 1. The molecular weight excluding hydrogens is 353 g/mol. The van der Waals surface area contributed by atoms with Crippen molar-refractivity contribution in [2.45, 2.75) is 19.9 Å². The number of carbonyl (C=O) groups is 1. The number of rotatable bonds is 6. The molecule has 2 aromatic rings. The molecule has 0 aliphatic rings. The van der Waals surface area contributed by atoms with Crippen molar-refractivity contribution in [3.63, 3.8) is 0 Å². The second-order valence-corrected chi connectivity index (χ2v) is 8.30. The largest absolute Gasteiger partial charge is 0.346 e. The number of aromatic nitrogens is 1. The molecule has 0 radical (unpaired) electrons. The number of amides is 1. The molecule has 0 unspecified atom stereocenters. The minimum Gasteiger partial charge on any atom is -0.346 e. The Bertz CT molecular complexity index is 836. The van der Waals surface area contributed by atoms with E-state index in [0.29, 0.717) is 5.69 Å². The molecule has 130 valence electrons. The summed E-state index contributed by atoms with van der Waals surface area (Å²) in [4.78, 5) is 16.5. The zero-order valence-electron chi connectivity index (χ0n) is 13.5. The predicted octanol–water partition coefficient (Wildman–Crippen LogP) is 2.23. The molecule has 1 aromatic carbocycles. The molecule has 0 aliphatic heterocycles. The van der Waals surface area contributed by atoms with E-state index in [2.05, 4.69) is 10.3 Å². The smallest absolute Gasteiger partial charge is 0.241 e. The molecule has 9 heteroatoms. The normalized spacial score (nSPS) is 12.7. The van der Waals surface area contributed by atoms with E-state index in [1.165, 1.54) is 29.5 Å². The molecule has 1 atom stereocenters. The van der Waals surface area contributed by atoms with Crippen LogP contribution < -0.4 is 9.62 Å². The molecule has 0 spiro atoms. The van der Waals surface area contributed by atoms with E-state index in [-0.39, 0.29) is 11.7 Å². The van der Waals surface area contributed by atoms with Crippen molar-refractivity contribution >= 4 is 33.0 Å². The molecule has 1 heterocycles. The number of thiazole rings is 1. The van der Waals surface area contributed by atoms with E-state index < -0.39 is 28.3 Å². The van der Waals surface area contributed by atoms with Crippen molar-refractivity contribution < 1.29 is 17.6 Å². The van der Waals surface area contributed by atoms with E-state index in [9.17, 15) is 17.6 Å². The number of aryl methyl sites for hydroxylation is 1. The molecule has 0 saturated carbocycles. The Morgan fingerprint density at radius 2 is 2.17 bits per heavy atom. The van der Waals surface area contributed by atoms with Gasteiger partial charge in [-0.05, 0) is 32.0 Å². The van der Waals surface area contributed by atoms with Crippen molar-refractivity contribution in [2.75, 3.05) is 17.1 Å². The van der Waals surface area contributed by atoms with Crippen LogP contribution in [0.2, 0.25) is 0 Å². The van der Waals surface area contributed by atoms with Crippen LogP contribution in [0.1, 0.15) is 23.7 Å². The van der Waals surface area contributed by atoms with Crippen molar-refractivity contribution in [3.05, 3.63) is 46.2 Å². The Morgan fingerprint density at radius 3 is 2.71 bits per heavy atom. The van der Waals surface area contributed by atoms with Crippen molar-refractivity contribution in [3.8, 4) is 0 Å². The first-order valence-electron chi connectivity index (χ1n) is 7.11. The molecule has 0 saturated heterocycles. The quantitative estimate of drug-likeness (QED) is 0.845. The molecule has 1 aromatic heterocycles. The van der Waals surface area contributed by atoms with Gasteiger partial charge in [0.2, 0.25) is 15.9 Å². The number of sulfonamides is 1. The highest BCUT2D eigenvalue weighted by atomic mass is 32.2. The van der Waals surface area contributed by atoms with Crippen LogP contribution in [-0.4, -0.2) is 32.1 Å². The minimum absolute atomic E-state index is 0.102. The van der Waals surface area contributed by atoms with E-state index in [0.717, 1.165) is 21.6 Å². The average Bonchev–Trinajstić information content (AvgIpc) is 2.90. The van der Waals surface area contributed by atoms with Crippen molar-refractivity contribution in [2.24, 2.45) is 0 Å². The van der Waals surface area contributed by atoms with Gasteiger partial charge in [0.15, 0.2) is 0 Å². The molecule has 1 amide bonds. The van der Waals surface area contributed by atoms with E-state index in [4.69, 9.17) is 0 Å². The number of nitrogens with one attached hydrogen (secondary N) is 1. The maximum Gasteiger partial charge on any atom is 0.241 e. The summed E-state index contributed by atoms with van der Waals surface area (Å²) in [6.07, 6.45) is 0.971. The van der Waals surface area contributed by atoms with Gasteiger partial charge in [0.25, 0.3) is 0 Å². The summed E-state index contributed by atoms with van der Waals surface area (Å²) >= 11 is 1.47. The highest BCUT2D eigenvalue weighted by Gasteiger charge is 2.22. The lowest BCUT2D eigenvalue weighted by molar-refractivity contribution is -0.120. The first-order valence-corrected chi connectivity index (χ1v) is 9.84. The van der Waals surface area contributed by atoms with Crippen molar-refractivity contribution in [1.82, 2.24) is 10.3 Å². The highest BCUT2D eigenvalue weighted by molar-refractivity contribution is 7.92. The Hall–Kier alpha value is -2.00. The molecular formula is C15H18FN3O3S2. The van der Waals surface area contributed by atoms with Gasteiger partial charge in [0.05, 0.1) is 28.7 Å². The fraction of sp³-hybridized carbons (Fsp3) is 0.333. The number of nitrogens with zero attached hydrogens (tertiary/aromatic N) is 2. The van der Waals surface area contributed by atoms with Crippen LogP contribution in [0.3, 0.4) is 0 Å². The van der Waals surface area contributed by atoms with Crippen LogP contribution in [0.25, 0.3) is 0 Å². The number of halogens is 1. The van der Waals surface area contributed by atoms with Crippen LogP contribution in [-0.2, 0) is 14.8 Å². The first-order chi connectivity index (χ1) is 11.2. The Balaban J connectivity index is 2.13. The summed E-state index contributed by atoms with van der Waals surface area (Å²) in [5.74, 6) is -1.07. The third-order valence-electron chi connectivity index (χ3n) is 3.24. The van der Waals surface area contributed by atoms with Gasteiger partial charge in [-0.3, -0.25) is 9.10 Å². The predicted molar refractivity (Wildman–Crippen MR) is 92.0 cm³/mol. The second-order valence-electron chi connectivity index (χ2n) is 5.33. The van der Waals surface area contributed by atoms with Gasteiger partial charge in [-0.25, -0.2) is 17.8 Å². The summed E-state index contributed by atoms with van der Waals surface area (Å²) in [5.41, 5.74) is 0.812. The maximum atomic E-state index is 13.4. The minimum atomic E-state index is -3.73.